The number of nitrogens with zero attached hydrogens (tertiary/aromatic N) is 2. The van der Waals surface area contributed by atoms with E-state index in [1.54, 1.807) is 0 Å². The van der Waals surface area contributed by atoms with Crippen LogP contribution in [0.15, 0.2) is 0 Å². The number of methoxy groups -OCH3 is 1. The molecule has 114 valence electrons. The van der Waals surface area contributed by atoms with Crippen molar-refractivity contribution in [2.45, 2.75) is 31.2 Å². The second kappa shape index (κ2) is 5.62. The van der Waals surface area contributed by atoms with Crippen molar-refractivity contribution in [3.8, 4) is 0 Å². The Balaban J connectivity index is 1.50. The minimum Gasteiger partial charge on any atom is -0.468 e. The van der Waals surface area contributed by atoms with Crippen molar-refractivity contribution in [2.24, 2.45) is 17.6 Å². The molecule has 1 unspecified atom stereocenters. The van der Waals surface area contributed by atoms with Crippen molar-refractivity contribution in [1.29, 1.82) is 0 Å². The smallest absolute Gasteiger partial charge is 0.327 e. The zero-order valence-electron chi connectivity index (χ0n) is 12.5. The van der Waals surface area contributed by atoms with Gasteiger partial charge in [-0.25, -0.2) is 0 Å². The van der Waals surface area contributed by atoms with Gasteiger partial charge in [0.1, 0.15) is 5.54 Å². The molecule has 3 fully saturated rings. The minimum atomic E-state index is -0.784. The van der Waals surface area contributed by atoms with Crippen LogP contribution in [0.2, 0.25) is 0 Å². The van der Waals surface area contributed by atoms with Gasteiger partial charge >= 0.3 is 5.97 Å². The fourth-order valence-corrected chi connectivity index (χ4v) is 3.31. The van der Waals surface area contributed by atoms with E-state index in [2.05, 4.69) is 9.80 Å². The predicted octanol–water partition coefficient (Wildman–Crippen LogP) is 0.295. The molecule has 0 radical (unpaired) electrons. The van der Waals surface area contributed by atoms with E-state index in [0.717, 1.165) is 44.9 Å². The van der Waals surface area contributed by atoms with Gasteiger partial charge in [-0.15, -0.1) is 0 Å². The fraction of sp³-hybridized carbons (Fsp3) is 0.933. The lowest BCUT2D eigenvalue weighted by Crippen LogP contribution is -2.61. The number of rotatable bonds is 6. The first-order valence-electron chi connectivity index (χ1n) is 7.94. The molecule has 0 amide bonds. The number of ether oxygens (including phenoxy) is 1. The Morgan fingerprint density at radius 2 is 1.75 bits per heavy atom. The predicted molar refractivity (Wildman–Crippen MR) is 77.3 cm³/mol. The highest BCUT2D eigenvalue weighted by molar-refractivity contribution is 5.81. The standard InChI is InChI=1S/C15H27N3O2/c1-20-14(19)15(16,13-4-5-13)11-18-8-6-17(7-9-18)10-12-2-3-12/h12-13H,2-11,16H2,1H3. The average Bonchev–Trinajstić information content (AvgIpc) is 3.32. The first kappa shape index (κ1) is 14.3. The highest BCUT2D eigenvalue weighted by Crippen LogP contribution is 2.39. The van der Waals surface area contributed by atoms with Gasteiger partial charge < -0.3 is 15.4 Å². The van der Waals surface area contributed by atoms with Gasteiger partial charge in [0, 0.05) is 39.3 Å². The number of hydrogen-bond donors (Lipinski definition) is 1. The minimum absolute atomic E-state index is 0.236. The first-order chi connectivity index (χ1) is 9.61. The molecule has 2 aliphatic carbocycles. The number of esters is 1. The maximum Gasteiger partial charge on any atom is 0.327 e. The van der Waals surface area contributed by atoms with Gasteiger partial charge in [-0.05, 0) is 37.5 Å². The highest BCUT2D eigenvalue weighted by atomic mass is 16.5. The summed E-state index contributed by atoms with van der Waals surface area (Å²) in [4.78, 5) is 16.9. The molecular formula is C15H27N3O2. The lowest BCUT2D eigenvalue weighted by Gasteiger charge is -2.39. The Hall–Kier alpha value is -0.650. The number of carbonyl (C=O) groups is 1. The zero-order chi connectivity index (χ0) is 14.2. The third-order valence-electron chi connectivity index (χ3n) is 5.03. The summed E-state index contributed by atoms with van der Waals surface area (Å²) in [5.74, 6) is 1.04. The van der Waals surface area contributed by atoms with Crippen molar-refractivity contribution in [3.05, 3.63) is 0 Å². The SMILES string of the molecule is COC(=O)C(N)(CN1CCN(CC2CC2)CC1)C1CC1. The Labute approximate surface area is 121 Å². The van der Waals surface area contributed by atoms with Crippen LogP contribution in [0.1, 0.15) is 25.7 Å². The summed E-state index contributed by atoms with van der Waals surface area (Å²) in [6, 6.07) is 0. The van der Waals surface area contributed by atoms with Gasteiger partial charge in [0.05, 0.1) is 7.11 Å². The molecular weight excluding hydrogens is 254 g/mol. The number of carbonyl (C=O) groups excluding carboxylic acids is 1. The van der Waals surface area contributed by atoms with Crippen LogP contribution in [0.5, 0.6) is 0 Å². The second-order valence-electron chi connectivity index (χ2n) is 6.83. The normalized spacial score (nSPS) is 28.1. The van der Waals surface area contributed by atoms with Gasteiger partial charge in [-0.2, -0.15) is 0 Å². The van der Waals surface area contributed by atoms with Crippen molar-refractivity contribution < 1.29 is 9.53 Å². The molecule has 2 saturated carbocycles. The Bertz CT molecular complexity index is 360. The average molecular weight is 281 g/mol. The third kappa shape index (κ3) is 3.15. The van der Waals surface area contributed by atoms with E-state index in [4.69, 9.17) is 10.5 Å². The maximum atomic E-state index is 12.0. The molecule has 0 bridgehead atoms. The third-order valence-corrected chi connectivity index (χ3v) is 5.03. The second-order valence-corrected chi connectivity index (χ2v) is 6.83. The largest absolute Gasteiger partial charge is 0.468 e. The first-order valence-corrected chi connectivity index (χ1v) is 7.94. The van der Waals surface area contributed by atoms with Crippen LogP contribution < -0.4 is 5.73 Å². The molecule has 1 atom stereocenters. The molecule has 5 nitrogen and oxygen atoms in total. The summed E-state index contributed by atoms with van der Waals surface area (Å²) < 4.78 is 4.94. The van der Waals surface area contributed by atoms with Crippen molar-refractivity contribution in [3.63, 3.8) is 0 Å². The molecule has 5 heteroatoms. The molecule has 3 aliphatic rings. The maximum absolute atomic E-state index is 12.0. The van der Waals surface area contributed by atoms with E-state index >= 15 is 0 Å². The molecule has 2 N–H and O–H groups in total. The van der Waals surface area contributed by atoms with E-state index in [-0.39, 0.29) is 5.97 Å². The van der Waals surface area contributed by atoms with Gasteiger partial charge in [0.25, 0.3) is 0 Å². The van der Waals surface area contributed by atoms with E-state index in [9.17, 15) is 4.79 Å². The summed E-state index contributed by atoms with van der Waals surface area (Å²) >= 11 is 0. The van der Waals surface area contributed by atoms with Gasteiger partial charge in [-0.1, -0.05) is 0 Å². The lowest BCUT2D eigenvalue weighted by atomic mass is 9.93. The Morgan fingerprint density at radius 3 is 2.25 bits per heavy atom. The zero-order valence-corrected chi connectivity index (χ0v) is 12.5. The monoisotopic (exact) mass is 281 g/mol. The quantitative estimate of drug-likeness (QED) is 0.709. The van der Waals surface area contributed by atoms with Gasteiger partial charge in [-0.3, -0.25) is 9.69 Å². The molecule has 1 heterocycles. The molecule has 1 saturated heterocycles. The van der Waals surface area contributed by atoms with Gasteiger partial charge in [0.2, 0.25) is 0 Å². The number of nitrogens with two attached hydrogens (primary N) is 1. The van der Waals surface area contributed by atoms with Gasteiger partial charge in [0.15, 0.2) is 0 Å². The molecule has 0 aromatic carbocycles. The van der Waals surface area contributed by atoms with Crippen molar-refractivity contribution in [1.82, 2.24) is 9.80 Å². The van der Waals surface area contributed by atoms with Crippen LogP contribution in [0.3, 0.4) is 0 Å². The summed E-state index contributed by atoms with van der Waals surface area (Å²) in [7, 11) is 1.44. The topological polar surface area (TPSA) is 58.8 Å². The molecule has 1 aliphatic heterocycles. The molecule has 0 aromatic heterocycles. The summed E-state index contributed by atoms with van der Waals surface area (Å²) in [6.07, 6.45) is 4.95. The summed E-state index contributed by atoms with van der Waals surface area (Å²) in [5.41, 5.74) is 5.60. The number of piperazine rings is 1. The Morgan fingerprint density at radius 1 is 1.15 bits per heavy atom. The van der Waals surface area contributed by atoms with E-state index in [1.165, 1.54) is 26.5 Å². The molecule has 3 rings (SSSR count). The number of hydrogen-bond acceptors (Lipinski definition) is 5. The highest BCUT2D eigenvalue weighted by Gasteiger charge is 2.50. The molecule has 20 heavy (non-hydrogen) atoms. The van der Waals surface area contributed by atoms with Crippen LogP contribution in [-0.4, -0.2) is 67.7 Å². The van der Waals surface area contributed by atoms with E-state index in [0.29, 0.717) is 12.5 Å². The van der Waals surface area contributed by atoms with Crippen molar-refractivity contribution in [2.75, 3.05) is 46.4 Å². The summed E-state index contributed by atoms with van der Waals surface area (Å²) in [6.45, 7) is 6.18. The van der Waals surface area contributed by atoms with Crippen LogP contribution in [0, 0.1) is 11.8 Å². The van der Waals surface area contributed by atoms with Crippen LogP contribution in [0.25, 0.3) is 0 Å². The van der Waals surface area contributed by atoms with Crippen LogP contribution in [-0.2, 0) is 9.53 Å². The van der Waals surface area contributed by atoms with E-state index < -0.39 is 5.54 Å². The Kier molecular flexibility index (Phi) is 4.02. The summed E-state index contributed by atoms with van der Waals surface area (Å²) in [5, 5.41) is 0. The molecule has 0 aromatic rings. The van der Waals surface area contributed by atoms with Crippen LogP contribution >= 0.6 is 0 Å². The van der Waals surface area contributed by atoms with Crippen LogP contribution in [0.4, 0.5) is 0 Å². The van der Waals surface area contributed by atoms with Crippen molar-refractivity contribution >= 4 is 5.97 Å². The lowest BCUT2D eigenvalue weighted by molar-refractivity contribution is -0.149. The molecule has 0 spiro atoms. The fourth-order valence-electron chi connectivity index (χ4n) is 3.31. The van der Waals surface area contributed by atoms with E-state index in [1.807, 2.05) is 0 Å².